The van der Waals surface area contributed by atoms with Crippen molar-refractivity contribution in [3.63, 3.8) is 0 Å². The molecule has 0 unspecified atom stereocenters. The van der Waals surface area contributed by atoms with Crippen molar-refractivity contribution in [3.8, 4) is 22.1 Å². The molecule has 0 fully saturated rings. The fourth-order valence-electron chi connectivity index (χ4n) is 2.48. The molecule has 0 N–H and O–H groups in total. The summed E-state index contributed by atoms with van der Waals surface area (Å²) >= 11 is 1.43. The average molecular weight is 340 g/mol. The highest BCUT2D eigenvalue weighted by Crippen LogP contribution is 2.37. The SMILES string of the molecule is O=[N+]([O-])c1cccc(-c2nc([C@H]3COc4ccccc4O3)cs2)c1. The summed E-state index contributed by atoms with van der Waals surface area (Å²) in [6.07, 6.45) is -0.288. The number of rotatable bonds is 3. The molecule has 0 amide bonds. The Labute approximate surface area is 141 Å². The number of aromatic nitrogens is 1. The number of nitro benzene ring substituents is 1. The third-order valence-corrected chi connectivity index (χ3v) is 4.57. The maximum absolute atomic E-state index is 10.9. The van der Waals surface area contributed by atoms with E-state index in [1.165, 1.54) is 23.5 Å². The van der Waals surface area contributed by atoms with Crippen LogP contribution in [0.5, 0.6) is 11.5 Å². The minimum Gasteiger partial charge on any atom is -0.485 e. The molecule has 1 atom stereocenters. The Balaban J connectivity index is 1.60. The number of benzene rings is 2. The molecule has 3 aromatic rings. The van der Waals surface area contributed by atoms with Gasteiger partial charge in [-0.25, -0.2) is 4.98 Å². The molecule has 6 nitrogen and oxygen atoms in total. The molecule has 1 aromatic heterocycles. The number of nitro groups is 1. The van der Waals surface area contributed by atoms with E-state index >= 15 is 0 Å². The molecule has 0 saturated carbocycles. The number of non-ortho nitro benzene ring substituents is 1. The fourth-order valence-corrected chi connectivity index (χ4v) is 3.34. The van der Waals surface area contributed by atoms with E-state index in [4.69, 9.17) is 9.47 Å². The molecule has 1 aliphatic heterocycles. The normalized spacial score (nSPS) is 15.9. The van der Waals surface area contributed by atoms with E-state index in [0.717, 1.165) is 22.0 Å². The van der Waals surface area contributed by atoms with Crippen LogP contribution in [0, 0.1) is 10.1 Å². The van der Waals surface area contributed by atoms with Gasteiger partial charge in [0.2, 0.25) is 0 Å². The first-order valence-corrected chi connectivity index (χ1v) is 8.17. The van der Waals surface area contributed by atoms with Gasteiger partial charge in [-0.1, -0.05) is 24.3 Å². The Morgan fingerprint density at radius 1 is 1.17 bits per heavy atom. The molecule has 0 spiro atoms. The number of para-hydroxylation sites is 2. The lowest BCUT2D eigenvalue weighted by Gasteiger charge is -2.25. The summed E-state index contributed by atoms with van der Waals surface area (Å²) in [5.74, 6) is 1.42. The smallest absolute Gasteiger partial charge is 0.270 e. The van der Waals surface area contributed by atoms with Crippen molar-refractivity contribution in [2.45, 2.75) is 6.10 Å². The van der Waals surface area contributed by atoms with Crippen LogP contribution >= 0.6 is 11.3 Å². The zero-order chi connectivity index (χ0) is 16.5. The second-order valence-corrected chi connectivity index (χ2v) is 6.11. The summed E-state index contributed by atoms with van der Waals surface area (Å²) in [5.41, 5.74) is 1.53. The highest BCUT2D eigenvalue weighted by atomic mass is 32.1. The highest BCUT2D eigenvalue weighted by molar-refractivity contribution is 7.13. The molecule has 4 rings (SSSR count). The highest BCUT2D eigenvalue weighted by Gasteiger charge is 2.24. The van der Waals surface area contributed by atoms with Gasteiger partial charge >= 0.3 is 0 Å². The Kier molecular flexibility index (Phi) is 3.62. The molecular formula is C17H12N2O4S. The molecule has 0 aliphatic carbocycles. The predicted molar refractivity (Wildman–Crippen MR) is 89.5 cm³/mol. The number of hydrogen-bond donors (Lipinski definition) is 0. The van der Waals surface area contributed by atoms with Gasteiger partial charge in [0, 0.05) is 23.1 Å². The van der Waals surface area contributed by atoms with Crippen molar-refractivity contribution < 1.29 is 14.4 Å². The van der Waals surface area contributed by atoms with Crippen LogP contribution < -0.4 is 9.47 Å². The van der Waals surface area contributed by atoms with Gasteiger partial charge in [-0.15, -0.1) is 11.3 Å². The minimum absolute atomic E-state index is 0.0513. The Morgan fingerprint density at radius 3 is 2.83 bits per heavy atom. The van der Waals surface area contributed by atoms with Gasteiger partial charge in [0.25, 0.3) is 5.69 Å². The molecular weight excluding hydrogens is 328 g/mol. The minimum atomic E-state index is -0.410. The van der Waals surface area contributed by atoms with Gasteiger partial charge in [0.1, 0.15) is 11.6 Å². The first-order valence-electron chi connectivity index (χ1n) is 7.29. The van der Waals surface area contributed by atoms with Crippen molar-refractivity contribution in [2.24, 2.45) is 0 Å². The van der Waals surface area contributed by atoms with Gasteiger partial charge in [0.15, 0.2) is 17.6 Å². The number of fused-ring (bicyclic) bond motifs is 1. The average Bonchev–Trinajstić information content (AvgIpc) is 3.11. The largest absolute Gasteiger partial charge is 0.485 e. The molecule has 0 bridgehead atoms. The maximum Gasteiger partial charge on any atom is 0.270 e. The van der Waals surface area contributed by atoms with Crippen molar-refractivity contribution in [1.29, 1.82) is 0 Å². The lowest BCUT2D eigenvalue weighted by atomic mass is 10.2. The van der Waals surface area contributed by atoms with E-state index in [-0.39, 0.29) is 11.8 Å². The monoisotopic (exact) mass is 340 g/mol. The zero-order valence-corrected chi connectivity index (χ0v) is 13.2. The van der Waals surface area contributed by atoms with Gasteiger partial charge in [-0.05, 0) is 12.1 Å². The van der Waals surface area contributed by atoms with Crippen LogP contribution in [-0.2, 0) is 0 Å². The van der Waals surface area contributed by atoms with E-state index in [1.807, 2.05) is 35.7 Å². The van der Waals surface area contributed by atoms with Crippen molar-refractivity contribution >= 4 is 17.0 Å². The van der Waals surface area contributed by atoms with Gasteiger partial charge in [0.05, 0.1) is 10.6 Å². The van der Waals surface area contributed by atoms with Crippen LogP contribution in [0.25, 0.3) is 10.6 Å². The van der Waals surface area contributed by atoms with Crippen LogP contribution in [0.1, 0.15) is 11.8 Å². The van der Waals surface area contributed by atoms with E-state index in [1.54, 1.807) is 6.07 Å². The number of hydrogen-bond acceptors (Lipinski definition) is 6. The van der Waals surface area contributed by atoms with Crippen molar-refractivity contribution in [2.75, 3.05) is 6.61 Å². The standard InChI is InChI=1S/C17H12N2O4S/c20-19(21)12-5-3-4-11(8-12)17-18-13(10-24-17)16-9-22-14-6-1-2-7-15(14)23-16/h1-8,10,16H,9H2/t16-/m1/s1. The Morgan fingerprint density at radius 2 is 2.00 bits per heavy atom. The second-order valence-electron chi connectivity index (χ2n) is 5.25. The predicted octanol–water partition coefficient (Wildman–Crippen LogP) is 4.23. The molecule has 0 radical (unpaired) electrons. The van der Waals surface area contributed by atoms with Crippen LogP contribution in [0.4, 0.5) is 5.69 Å². The molecule has 2 heterocycles. The Bertz CT molecular complexity index is 909. The molecule has 24 heavy (non-hydrogen) atoms. The number of ether oxygens (including phenoxy) is 2. The zero-order valence-electron chi connectivity index (χ0n) is 12.4. The fraction of sp³-hybridized carbons (Fsp3) is 0.118. The maximum atomic E-state index is 10.9. The lowest BCUT2D eigenvalue weighted by molar-refractivity contribution is -0.384. The summed E-state index contributed by atoms with van der Waals surface area (Å²) in [4.78, 5) is 15.1. The number of thiazole rings is 1. The molecule has 7 heteroatoms. The first-order chi connectivity index (χ1) is 11.7. The molecule has 0 saturated heterocycles. The van der Waals surface area contributed by atoms with Crippen LogP contribution in [-0.4, -0.2) is 16.5 Å². The summed E-state index contributed by atoms with van der Waals surface area (Å²) < 4.78 is 11.6. The summed E-state index contributed by atoms with van der Waals surface area (Å²) in [7, 11) is 0. The van der Waals surface area contributed by atoms with Crippen molar-refractivity contribution in [3.05, 3.63) is 69.7 Å². The summed E-state index contributed by atoms with van der Waals surface area (Å²) in [6, 6.07) is 14.0. The first kappa shape index (κ1) is 14.6. The van der Waals surface area contributed by atoms with Gasteiger partial charge in [-0.3, -0.25) is 10.1 Å². The second kappa shape index (κ2) is 5.93. The van der Waals surface area contributed by atoms with Crippen molar-refractivity contribution in [1.82, 2.24) is 4.98 Å². The van der Waals surface area contributed by atoms with Gasteiger partial charge in [-0.2, -0.15) is 0 Å². The van der Waals surface area contributed by atoms with E-state index in [0.29, 0.717) is 12.4 Å². The van der Waals surface area contributed by atoms with Crippen LogP contribution in [0.15, 0.2) is 53.9 Å². The van der Waals surface area contributed by atoms with Crippen LogP contribution in [0.2, 0.25) is 0 Å². The van der Waals surface area contributed by atoms with Gasteiger partial charge < -0.3 is 9.47 Å². The summed E-state index contributed by atoms with van der Waals surface area (Å²) in [6.45, 7) is 0.384. The van der Waals surface area contributed by atoms with E-state index in [9.17, 15) is 10.1 Å². The lowest BCUT2D eigenvalue weighted by Crippen LogP contribution is -2.21. The topological polar surface area (TPSA) is 74.5 Å². The molecule has 120 valence electrons. The molecule has 1 aliphatic rings. The number of nitrogens with zero attached hydrogens (tertiary/aromatic N) is 2. The quantitative estimate of drug-likeness (QED) is 0.527. The third kappa shape index (κ3) is 2.69. The van der Waals surface area contributed by atoms with E-state index in [2.05, 4.69) is 4.98 Å². The third-order valence-electron chi connectivity index (χ3n) is 3.66. The van der Waals surface area contributed by atoms with E-state index < -0.39 is 4.92 Å². The van der Waals surface area contributed by atoms with Crippen LogP contribution in [0.3, 0.4) is 0 Å². The summed E-state index contributed by atoms with van der Waals surface area (Å²) in [5, 5.41) is 13.5. The molecule has 2 aromatic carbocycles. The Hall–Kier alpha value is -2.93.